The van der Waals surface area contributed by atoms with Crippen LogP contribution in [0.1, 0.15) is 55.3 Å². The van der Waals surface area contributed by atoms with Gasteiger partial charge in [-0.2, -0.15) is 4.31 Å². The molecular weight excluding hydrogens is 418 g/mol. The molecule has 0 unspecified atom stereocenters. The van der Waals surface area contributed by atoms with E-state index >= 15 is 0 Å². The predicted octanol–water partition coefficient (Wildman–Crippen LogP) is 3.31. The lowest BCUT2D eigenvalue weighted by Crippen LogP contribution is -2.36. The Labute approximate surface area is 183 Å². The van der Waals surface area contributed by atoms with Gasteiger partial charge >= 0.3 is 0 Å². The molecule has 3 rings (SSSR count). The lowest BCUT2D eigenvalue weighted by Gasteiger charge is -2.25. The summed E-state index contributed by atoms with van der Waals surface area (Å²) in [7, 11) is -1.66. The Hall–Kier alpha value is -1.97. The predicted molar refractivity (Wildman–Crippen MR) is 122 cm³/mol. The lowest BCUT2D eigenvalue weighted by atomic mass is 10.2. The van der Waals surface area contributed by atoms with Gasteiger partial charge in [-0.25, -0.2) is 13.4 Å². The number of nitrogens with one attached hydrogen (secondary N) is 2. The van der Waals surface area contributed by atoms with Gasteiger partial charge in [-0.05, 0) is 36.5 Å². The normalized spacial score (nSPS) is 16.1. The van der Waals surface area contributed by atoms with Crippen LogP contribution in [0.15, 0.2) is 39.5 Å². The molecule has 2 heterocycles. The SMILES string of the molecule is CN=C(NCc1ccc(S(=O)(=O)N2CCCCC2)cc1)NCc1nc(C(C)C)cs1. The zero-order chi connectivity index (χ0) is 21.6. The van der Waals surface area contributed by atoms with Crippen molar-refractivity contribution in [3.63, 3.8) is 0 Å². The van der Waals surface area contributed by atoms with E-state index in [0.717, 1.165) is 35.5 Å². The molecule has 0 spiro atoms. The maximum absolute atomic E-state index is 12.8. The molecule has 0 saturated carbocycles. The summed E-state index contributed by atoms with van der Waals surface area (Å²) in [6.45, 7) is 6.67. The Kier molecular flexibility index (Phi) is 7.85. The van der Waals surface area contributed by atoms with Gasteiger partial charge in [-0.15, -0.1) is 11.3 Å². The molecule has 0 amide bonds. The molecule has 7 nitrogen and oxygen atoms in total. The largest absolute Gasteiger partial charge is 0.352 e. The number of nitrogens with zero attached hydrogens (tertiary/aromatic N) is 3. The van der Waals surface area contributed by atoms with Crippen molar-refractivity contribution in [3.05, 3.63) is 45.9 Å². The Morgan fingerprint density at radius 3 is 2.40 bits per heavy atom. The van der Waals surface area contributed by atoms with Crippen molar-refractivity contribution in [3.8, 4) is 0 Å². The Morgan fingerprint density at radius 2 is 1.80 bits per heavy atom. The maximum Gasteiger partial charge on any atom is 0.243 e. The Balaban J connectivity index is 1.53. The zero-order valence-electron chi connectivity index (χ0n) is 17.9. The highest BCUT2D eigenvalue weighted by molar-refractivity contribution is 7.89. The average molecular weight is 450 g/mol. The topological polar surface area (TPSA) is 86.7 Å². The highest BCUT2D eigenvalue weighted by Crippen LogP contribution is 2.21. The van der Waals surface area contributed by atoms with Crippen LogP contribution in [0.3, 0.4) is 0 Å². The summed E-state index contributed by atoms with van der Waals surface area (Å²) in [5.41, 5.74) is 2.10. The van der Waals surface area contributed by atoms with E-state index in [2.05, 4.69) is 39.8 Å². The fourth-order valence-electron chi connectivity index (χ4n) is 3.27. The van der Waals surface area contributed by atoms with Crippen molar-refractivity contribution in [2.24, 2.45) is 4.99 Å². The highest BCUT2D eigenvalue weighted by Gasteiger charge is 2.25. The number of sulfonamides is 1. The molecule has 9 heteroatoms. The Bertz CT molecular complexity index is 946. The van der Waals surface area contributed by atoms with Crippen molar-refractivity contribution in [1.29, 1.82) is 0 Å². The Morgan fingerprint density at radius 1 is 1.13 bits per heavy atom. The van der Waals surface area contributed by atoms with Crippen LogP contribution in [-0.4, -0.2) is 43.8 Å². The number of rotatable bonds is 7. The van der Waals surface area contributed by atoms with Crippen molar-refractivity contribution in [1.82, 2.24) is 19.9 Å². The van der Waals surface area contributed by atoms with Gasteiger partial charge < -0.3 is 10.6 Å². The fourth-order valence-corrected chi connectivity index (χ4v) is 5.68. The van der Waals surface area contributed by atoms with E-state index in [1.54, 1.807) is 34.8 Å². The third-order valence-electron chi connectivity index (χ3n) is 5.13. The van der Waals surface area contributed by atoms with Crippen LogP contribution in [0.2, 0.25) is 0 Å². The smallest absolute Gasteiger partial charge is 0.243 e. The summed E-state index contributed by atoms with van der Waals surface area (Å²) in [5.74, 6) is 1.11. The van der Waals surface area contributed by atoms with E-state index in [1.165, 1.54) is 0 Å². The standard InChI is InChI=1S/C21H31N5O2S2/c1-16(2)19-15-29-20(25-19)14-24-21(22-3)23-13-17-7-9-18(10-8-17)30(27,28)26-11-5-4-6-12-26/h7-10,15-16H,4-6,11-14H2,1-3H3,(H2,22,23,24). The first-order valence-corrected chi connectivity index (χ1v) is 12.7. The number of piperidine rings is 1. The molecule has 1 aromatic carbocycles. The summed E-state index contributed by atoms with van der Waals surface area (Å²) in [4.78, 5) is 9.23. The molecule has 164 valence electrons. The maximum atomic E-state index is 12.8. The van der Waals surface area contributed by atoms with Crippen LogP contribution >= 0.6 is 11.3 Å². The molecule has 0 atom stereocenters. The van der Waals surface area contributed by atoms with E-state index in [4.69, 9.17) is 0 Å². The van der Waals surface area contributed by atoms with Crippen LogP contribution in [-0.2, 0) is 23.1 Å². The van der Waals surface area contributed by atoms with Gasteiger partial charge in [0.2, 0.25) is 10.0 Å². The van der Waals surface area contributed by atoms with Crippen LogP contribution < -0.4 is 10.6 Å². The molecule has 1 saturated heterocycles. The van der Waals surface area contributed by atoms with Crippen molar-refractivity contribution in [2.75, 3.05) is 20.1 Å². The second-order valence-corrected chi connectivity index (χ2v) is 10.6. The molecular formula is C21H31N5O2S2. The second kappa shape index (κ2) is 10.4. The van der Waals surface area contributed by atoms with Gasteiger partial charge in [0.25, 0.3) is 0 Å². The third-order valence-corrected chi connectivity index (χ3v) is 7.91. The summed E-state index contributed by atoms with van der Waals surface area (Å²) >= 11 is 1.64. The molecule has 0 aliphatic carbocycles. The number of benzene rings is 1. The van der Waals surface area contributed by atoms with E-state index in [-0.39, 0.29) is 0 Å². The van der Waals surface area contributed by atoms with Crippen LogP contribution in [0.25, 0.3) is 0 Å². The molecule has 1 aliphatic heterocycles. The number of thiazole rings is 1. The molecule has 2 aromatic rings. The number of hydrogen-bond acceptors (Lipinski definition) is 5. The number of aromatic nitrogens is 1. The monoisotopic (exact) mass is 449 g/mol. The summed E-state index contributed by atoms with van der Waals surface area (Å²) in [6, 6.07) is 7.10. The number of hydrogen-bond donors (Lipinski definition) is 2. The molecule has 1 aromatic heterocycles. The molecule has 1 fully saturated rings. The van der Waals surface area contributed by atoms with Gasteiger partial charge in [0.05, 0.1) is 17.1 Å². The minimum Gasteiger partial charge on any atom is -0.352 e. The van der Waals surface area contributed by atoms with Crippen LogP contribution in [0, 0.1) is 0 Å². The quantitative estimate of drug-likeness (QED) is 0.500. The molecule has 1 aliphatic rings. The second-order valence-electron chi connectivity index (χ2n) is 7.71. The zero-order valence-corrected chi connectivity index (χ0v) is 19.5. The minimum absolute atomic E-state index is 0.361. The molecule has 0 bridgehead atoms. The fraction of sp³-hybridized carbons (Fsp3) is 0.524. The first-order chi connectivity index (χ1) is 14.4. The summed E-state index contributed by atoms with van der Waals surface area (Å²) < 4.78 is 27.1. The molecule has 0 radical (unpaired) electrons. The van der Waals surface area contributed by atoms with Crippen molar-refractivity contribution in [2.45, 2.75) is 57.0 Å². The van der Waals surface area contributed by atoms with Gasteiger partial charge in [0.1, 0.15) is 5.01 Å². The van der Waals surface area contributed by atoms with Crippen LogP contribution in [0.4, 0.5) is 0 Å². The van der Waals surface area contributed by atoms with Crippen molar-refractivity contribution < 1.29 is 8.42 Å². The van der Waals surface area contributed by atoms with Gasteiger partial charge in [0.15, 0.2) is 5.96 Å². The van der Waals surface area contributed by atoms with Gasteiger partial charge in [-0.3, -0.25) is 4.99 Å². The lowest BCUT2D eigenvalue weighted by molar-refractivity contribution is 0.346. The van der Waals surface area contributed by atoms with E-state index < -0.39 is 10.0 Å². The minimum atomic E-state index is -3.39. The van der Waals surface area contributed by atoms with E-state index in [0.29, 0.717) is 43.0 Å². The molecule has 2 N–H and O–H groups in total. The summed E-state index contributed by atoms with van der Waals surface area (Å²) in [5, 5.41) is 9.65. The van der Waals surface area contributed by atoms with Gasteiger partial charge in [-0.1, -0.05) is 32.4 Å². The first-order valence-electron chi connectivity index (χ1n) is 10.4. The van der Waals surface area contributed by atoms with Crippen molar-refractivity contribution >= 4 is 27.3 Å². The van der Waals surface area contributed by atoms with E-state index in [1.807, 2.05) is 12.1 Å². The van der Waals surface area contributed by atoms with E-state index in [9.17, 15) is 8.42 Å². The molecule has 30 heavy (non-hydrogen) atoms. The number of guanidine groups is 1. The highest BCUT2D eigenvalue weighted by atomic mass is 32.2. The van der Waals surface area contributed by atoms with Crippen LogP contribution in [0.5, 0.6) is 0 Å². The number of aliphatic imine (C=N–C) groups is 1. The van der Waals surface area contributed by atoms with Gasteiger partial charge in [0, 0.05) is 32.1 Å². The summed E-state index contributed by atoms with van der Waals surface area (Å²) in [6.07, 6.45) is 2.98. The first kappa shape index (κ1) is 22.7. The third kappa shape index (κ3) is 5.80. The average Bonchev–Trinajstić information content (AvgIpc) is 3.24.